The van der Waals surface area contributed by atoms with Crippen LogP contribution in [0.3, 0.4) is 0 Å². The lowest BCUT2D eigenvalue weighted by Gasteiger charge is -2.15. The first-order valence-electron chi connectivity index (χ1n) is 8.51. The molecular formula is C20H21N3O4. The Kier molecular flexibility index (Phi) is 5.71. The lowest BCUT2D eigenvalue weighted by molar-refractivity contribution is -0.133. The van der Waals surface area contributed by atoms with Gasteiger partial charge in [0.15, 0.2) is 0 Å². The molecular weight excluding hydrogens is 346 g/mol. The Morgan fingerprint density at radius 3 is 2.67 bits per heavy atom. The van der Waals surface area contributed by atoms with E-state index in [1.165, 1.54) is 13.3 Å². The Bertz CT molecular complexity index is 852. The topological polar surface area (TPSA) is 89.0 Å². The van der Waals surface area contributed by atoms with Crippen LogP contribution >= 0.6 is 0 Å². The van der Waals surface area contributed by atoms with Gasteiger partial charge in [-0.25, -0.2) is 5.43 Å². The number of nitrogens with zero attached hydrogens (tertiary/aromatic N) is 1. The van der Waals surface area contributed by atoms with Gasteiger partial charge in [-0.1, -0.05) is 30.3 Å². The van der Waals surface area contributed by atoms with Crippen LogP contribution in [0.5, 0.6) is 11.5 Å². The number of carbonyl (C=O) groups excluding carboxylic acids is 2. The minimum absolute atomic E-state index is 0.218. The van der Waals surface area contributed by atoms with E-state index in [-0.39, 0.29) is 11.8 Å². The fraction of sp³-hybridized carbons (Fsp3) is 0.250. The van der Waals surface area contributed by atoms with E-state index in [1.54, 1.807) is 25.3 Å². The Morgan fingerprint density at radius 2 is 1.96 bits per heavy atom. The van der Waals surface area contributed by atoms with Crippen molar-refractivity contribution >= 4 is 18.0 Å². The molecule has 7 nitrogen and oxygen atoms in total. The zero-order valence-corrected chi connectivity index (χ0v) is 15.1. The molecule has 2 amide bonds. The van der Waals surface area contributed by atoms with Gasteiger partial charge in [0.05, 0.1) is 20.4 Å². The summed E-state index contributed by atoms with van der Waals surface area (Å²) in [4.78, 5) is 24.7. The van der Waals surface area contributed by atoms with Crippen molar-refractivity contribution in [3.63, 3.8) is 0 Å². The Morgan fingerprint density at radius 1 is 1.19 bits per heavy atom. The molecule has 2 N–H and O–H groups in total. The van der Waals surface area contributed by atoms with Crippen molar-refractivity contribution in [3.8, 4) is 11.5 Å². The molecule has 0 aromatic heterocycles. The third kappa shape index (κ3) is 4.08. The Hall–Kier alpha value is -3.35. The highest BCUT2D eigenvalue weighted by Gasteiger charge is 2.40. The highest BCUT2D eigenvalue weighted by atomic mass is 16.5. The van der Waals surface area contributed by atoms with Gasteiger partial charge in [0, 0.05) is 24.1 Å². The second-order valence-corrected chi connectivity index (χ2v) is 6.08. The summed E-state index contributed by atoms with van der Waals surface area (Å²) in [5.74, 6) is -0.553. The van der Waals surface area contributed by atoms with Gasteiger partial charge in [-0.3, -0.25) is 9.59 Å². The fourth-order valence-electron chi connectivity index (χ4n) is 3.09. The van der Waals surface area contributed by atoms with E-state index in [2.05, 4.69) is 15.8 Å². The smallest absolute Gasteiger partial charge is 0.253 e. The van der Waals surface area contributed by atoms with Crippen molar-refractivity contribution in [2.24, 2.45) is 11.0 Å². The molecule has 1 aliphatic heterocycles. The summed E-state index contributed by atoms with van der Waals surface area (Å²) < 4.78 is 10.4. The first kappa shape index (κ1) is 18.4. The van der Waals surface area contributed by atoms with E-state index in [9.17, 15) is 9.59 Å². The third-order valence-corrected chi connectivity index (χ3v) is 4.51. The zero-order chi connectivity index (χ0) is 19.2. The van der Waals surface area contributed by atoms with Crippen molar-refractivity contribution < 1.29 is 19.1 Å². The number of hydrogen-bond acceptors (Lipinski definition) is 5. The number of methoxy groups -OCH3 is 2. The first-order valence-corrected chi connectivity index (χ1v) is 8.51. The number of nitrogens with one attached hydrogen (secondary N) is 2. The van der Waals surface area contributed by atoms with Crippen LogP contribution in [0.4, 0.5) is 0 Å². The maximum Gasteiger partial charge on any atom is 0.253 e. The second kappa shape index (κ2) is 8.35. The van der Waals surface area contributed by atoms with Gasteiger partial charge >= 0.3 is 0 Å². The van der Waals surface area contributed by atoms with Gasteiger partial charge in [-0.05, 0) is 17.7 Å². The summed E-state index contributed by atoms with van der Waals surface area (Å²) in [5, 5.41) is 6.74. The maximum absolute atomic E-state index is 12.5. The molecule has 3 rings (SSSR count). The van der Waals surface area contributed by atoms with Crippen LogP contribution < -0.4 is 20.2 Å². The van der Waals surface area contributed by atoms with Crippen LogP contribution in [-0.2, 0) is 9.59 Å². The van der Waals surface area contributed by atoms with Crippen molar-refractivity contribution in [3.05, 3.63) is 59.7 Å². The molecule has 140 valence electrons. The van der Waals surface area contributed by atoms with Gasteiger partial charge < -0.3 is 14.8 Å². The lowest BCUT2D eigenvalue weighted by Crippen LogP contribution is -2.34. The summed E-state index contributed by atoms with van der Waals surface area (Å²) >= 11 is 0. The SMILES string of the molecule is COc1ccc(/C=N\NC(=O)C2C(=O)NCC2c2ccccc2)c(OC)c1. The fourth-order valence-corrected chi connectivity index (χ4v) is 3.09. The summed E-state index contributed by atoms with van der Waals surface area (Å²) in [5.41, 5.74) is 4.08. The molecule has 1 aliphatic rings. The average molecular weight is 367 g/mol. The number of amides is 2. The zero-order valence-electron chi connectivity index (χ0n) is 15.1. The highest BCUT2D eigenvalue weighted by molar-refractivity contribution is 6.03. The molecule has 1 saturated heterocycles. The molecule has 2 aromatic carbocycles. The number of rotatable bonds is 6. The minimum Gasteiger partial charge on any atom is -0.497 e. The molecule has 0 saturated carbocycles. The number of carbonyl (C=O) groups is 2. The molecule has 2 atom stereocenters. The van der Waals surface area contributed by atoms with Crippen molar-refractivity contribution in [1.82, 2.24) is 10.7 Å². The quantitative estimate of drug-likeness (QED) is 0.462. The van der Waals surface area contributed by atoms with Crippen LogP contribution in [0.25, 0.3) is 0 Å². The molecule has 27 heavy (non-hydrogen) atoms. The van der Waals surface area contributed by atoms with Crippen LogP contribution in [0.2, 0.25) is 0 Å². The number of benzene rings is 2. The molecule has 1 fully saturated rings. The average Bonchev–Trinajstić information content (AvgIpc) is 3.10. The lowest BCUT2D eigenvalue weighted by atomic mass is 9.88. The van der Waals surface area contributed by atoms with E-state index >= 15 is 0 Å². The number of hydrazone groups is 1. The monoisotopic (exact) mass is 367 g/mol. The molecule has 2 unspecified atom stereocenters. The predicted molar refractivity (Wildman–Crippen MR) is 101 cm³/mol. The number of ether oxygens (including phenoxy) is 2. The summed E-state index contributed by atoms with van der Waals surface area (Å²) in [6.45, 7) is 0.428. The van der Waals surface area contributed by atoms with Crippen molar-refractivity contribution in [2.45, 2.75) is 5.92 Å². The summed E-state index contributed by atoms with van der Waals surface area (Å²) in [6, 6.07) is 14.8. The standard InChI is InChI=1S/C20H21N3O4/c1-26-15-9-8-14(17(10-15)27-2)11-22-23-20(25)18-16(12-21-19(18)24)13-6-4-3-5-7-13/h3-11,16,18H,12H2,1-2H3,(H,21,24)(H,23,25)/b22-11-. The molecule has 0 spiro atoms. The largest absolute Gasteiger partial charge is 0.497 e. The third-order valence-electron chi connectivity index (χ3n) is 4.51. The van der Waals surface area contributed by atoms with Gasteiger partial charge in [0.25, 0.3) is 5.91 Å². The van der Waals surface area contributed by atoms with Gasteiger partial charge in [0.1, 0.15) is 17.4 Å². The van der Waals surface area contributed by atoms with Gasteiger partial charge in [-0.15, -0.1) is 0 Å². The maximum atomic E-state index is 12.5. The van der Waals surface area contributed by atoms with Crippen molar-refractivity contribution in [2.75, 3.05) is 20.8 Å². The molecule has 0 radical (unpaired) electrons. The molecule has 7 heteroatoms. The van der Waals surface area contributed by atoms with Crippen LogP contribution in [0.15, 0.2) is 53.6 Å². The van der Waals surface area contributed by atoms with E-state index in [0.717, 1.165) is 5.56 Å². The van der Waals surface area contributed by atoms with E-state index in [4.69, 9.17) is 9.47 Å². The summed E-state index contributed by atoms with van der Waals surface area (Å²) in [7, 11) is 3.11. The molecule has 0 bridgehead atoms. The highest BCUT2D eigenvalue weighted by Crippen LogP contribution is 2.29. The van der Waals surface area contributed by atoms with Crippen LogP contribution in [0.1, 0.15) is 17.0 Å². The van der Waals surface area contributed by atoms with E-state index < -0.39 is 11.8 Å². The van der Waals surface area contributed by atoms with E-state index in [0.29, 0.717) is 23.6 Å². The van der Waals surface area contributed by atoms with Crippen molar-refractivity contribution in [1.29, 1.82) is 0 Å². The normalized spacial score (nSPS) is 19.0. The predicted octanol–water partition coefficient (Wildman–Crippen LogP) is 1.68. The molecule has 1 heterocycles. The number of hydrogen-bond donors (Lipinski definition) is 2. The Balaban J connectivity index is 1.71. The minimum atomic E-state index is -0.817. The first-order chi connectivity index (χ1) is 13.1. The van der Waals surface area contributed by atoms with Crippen LogP contribution in [-0.4, -0.2) is 38.8 Å². The van der Waals surface area contributed by atoms with E-state index in [1.807, 2.05) is 30.3 Å². The van der Waals surface area contributed by atoms with Gasteiger partial charge in [-0.2, -0.15) is 5.10 Å². The van der Waals surface area contributed by atoms with Crippen LogP contribution in [0, 0.1) is 5.92 Å². The second-order valence-electron chi connectivity index (χ2n) is 6.08. The van der Waals surface area contributed by atoms with Gasteiger partial charge in [0.2, 0.25) is 5.91 Å². The summed E-state index contributed by atoms with van der Waals surface area (Å²) in [6.07, 6.45) is 1.47. The Labute approximate surface area is 157 Å². The molecule has 2 aromatic rings. The molecule has 0 aliphatic carbocycles.